The van der Waals surface area contributed by atoms with E-state index in [-0.39, 0.29) is 11.3 Å². The lowest BCUT2D eigenvalue weighted by molar-refractivity contribution is 0.0729. The number of rotatable bonds is 6. The van der Waals surface area contributed by atoms with Crippen LogP contribution in [-0.4, -0.2) is 19.0 Å². The van der Waals surface area contributed by atoms with Crippen molar-refractivity contribution in [2.75, 3.05) is 12.4 Å². The van der Waals surface area contributed by atoms with E-state index in [2.05, 4.69) is 31.4 Å². The van der Waals surface area contributed by atoms with Crippen molar-refractivity contribution in [1.82, 2.24) is 5.32 Å². The molecule has 1 aliphatic heterocycles. The number of amides is 1. The van der Waals surface area contributed by atoms with Gasteiger partial charge >= 0.3 is 5.97 Å². The van der Waals surface area contributed by atoms with Gasteiger partial charge in [0.05, 0.1) is 18.2 Å². The Kier molecular flexibility index (Phi) is 6.94. The van der Waals surface area contributed by atoms with Gasteiger partial charge in [0.1, 0.15) is 11.2 Å². The van der Waals surface area contributed by atoms with Crippen molar-refractivity contribution in [2.24, 2.45) is 11.3 Å². The van der Waals surface area contributed by atoms with Crippen LogP contribution in [0, 0.1) is 11.3 Å². The number of thiophene rings is 1. The second-order valence-electron chi connectivity index (χ2n) is 10.3. The maximum Gasteiger partial charge on any atom is 0.343 e. The highest BCUT2D eigenvalue weighted by molar-refractivity contribution is 7.16. The van der Waals surface area contributed by atoms with Gasteiger partial charge in [-0.1, -0.05) is 44.9 Å². The Bertz CT molecular complexity index is 1350. The zero-order valence-corrected chi connectivity index (χ0v) is 23.0. The molecule has 2 heterocycles. The second kappa shape index (κ2) is 10.0. The fraction of sp³-hybridized carbons (Fsp3) is 0.379. The Morgan fingerprint density at radius 2 is 1.89 bits per heavy atom. The molecule has 37 heavy (non-hydrogen) atoms. The van der Waals surface area contributed by atoms with Crippen LogP contribution in [0.4, 0.5) is 5.00 Å². The molecule has 2 aromatic carbocycles. The number of anilines is 1. The molecule has 8 heteroatoms. The molecular weight excluding hydrogens is 508 g/mol. The lowest BCUT2D eigenvalue weighted by Gasteiger charge is -2.36. The number of nitrogens with one attached hydrogen (secondary N) is 2. The highest BCUT2D eigenvalue weighted by Crippen LogP contribution is 2.47. The number of carbonyl (C=O) groups is 2. The molecule has 2 atom stereocenters. The fourth-order valence-corrected chi connectivity index (χ4v) is 6.59. The SMILES string of the molecule is CCC(C)(C)[C@H]1CCc2c(sc3c2C(=O)N[C@H](c2ccc(OC(=O)c4ccc(Cl)cc4)c(OC)c2)N3)C1. The van der Waals surface area contributed by atoms with E-state index in [9.17, 15) is 9.59 Å². The maximum absolute atomic E-state index is 13.2. The summed E-state index contributed by atoms with van der Waals surface area (Å²) in [7, 11) is 1.52. The lowest BCUT2D eigenvalue weighted by atomic mass is 9.69. The summed E-state index contributed by atoms with van der Waals surface area (Å²) in [5, 5.41) is 8.09. The van der Waals surface area contributed by atoms with Gasteiger partial charge in [-0.15, -0.1) is 11.3 Å². The summed E-state index contributed by atoms with van der Waals surface area (Å²) >= 11 is 7.62. The molecule has 0 saturated carbocycles. The molecule has 2 N–H and O–H groups in total. The number of methoxy groups -OCH3 is 1. The molecule has 0 bridgehead atoms. The van der Waals surface area contributed by atoms with Crippen molar-refractivity contribution < 1.29 is 19.1 Å². The molecule has 5 rings (SSSR count). The van der Waals surface area contributed by atoms with E-state index in [1.54, 1.807) is 47.7 Å². The van der Waals surface area contributed by atoms with Gasteiger partial charge in [-0.25, -0.2) is 4.79 Å². The van der Waals surface area contributed by atoms with Gasteiger partial charge in [0.2, 0.25) is 0 Å². The summed E-state index contributed by atoms with van der Waals surface area (Å²) in [4.78, 5) is 27.1. The van der Waals surface area contributed by atoms with Crippen molar-refractivity contribution in [1.29, 1.82) is 0 Å². The normalized spacial score (nSPS) is 18.8. The summed E-state index contributed by atoms with van der Waals surface area (Å²) in [6.07, 6.45) is 3.80. The molecule has 0 fully saturated rings. The van der Waals surface area contributed by atoms with Gasteiger partial charge in [0, 0.05) is 9.90 Å². The highest BCUT2D eigenvalue weighted by atomic mass is 35.5. The quantitative estimate of drug-likeness (QED) is 0.260. The van der Waals surface area contributed by atoms with Gasteiger partial charge in [0.15, 0.2) is 11.5 Å². The number of ether oxygens (including phenoxy) is 2. The van der Waals surface area contributed by atoms with Crippen molar-refractivity contribution in [3.63, 3.8) is 0 Å². The molecule has 1 aromatic heterocycles. The summed E-state index contributed by atoms with van der Waals surface area (Å²) in [6, 6.07) is 11.8. The zero-order valence-electron chi connectivity index (χ0n) is 21.4. The largest absolute Gasteiger partial charge is 0.493 e. The predicted octanol–water partition coefficient (Wildman–Crippen LogP) is 7.02. The average molecular weight is 539 g/mol. The number of esters is 1. The average Bonchev–Trinajstić information content (AvgIpc) is 3.27. The number of halogens is 1. The van der Waals surface area contributed by atoms with Gasteiger partial charge in [-0.3, -0.25) is 4.79 Å². The Balaban J connectivity index is 1.36. The van der Waals surface area contributed by atoms with E-state index < -0.39 is 12.1 Å². The van der Waals surface area contributed by atoms with Gasteiger partial charge in [0.25, 0.3) is 5.91 Å². The van der Waals surface area contributed by atoms with Gasteiger partial charge < -0.3 is 20.1 Å². The summed E-state index contributed by atoms with van der Waals surface area (Å²) < 4.78 is 11.1. The third-order valence-corrected chi connectivity index (χ3v) is 9.30. The molecule has 6 nitrogen and oxygen atoms in total. The van der Waals surface area contributed by atoms with E-state index in [1.165, 1.54) is 17.6 Å². The molecule has 0 unspecified atom stereocenters. The van der Waals surface area contributed by atoms with Crippen LogP contribution in [0.3, 0.4) is 0 Å². The van der Waals surface area contributed by atoms with Crippen molar-refractivity contribution in [3.05, 3.63) is 74.6 Å². The van der Waals surface area contributed by atoms with Crippen molar-refractivity contribution >= 4 is 39.8 Å². The molecule has 1 amide bonds. The topological polar surface area (TPSA) is 76.7 Å². The van der Waals surface area contributed by atoms with Crippen LogP contribution in [0.15, 0.2) is 42.5 Å². The van der Waals surface area contributed by atoms with Crippen LogP contribution in [0.5, 0.6) is 11.5 Å². The standard InChI is InChI=1S/C29H31ClN2O4S/c1-5-29(2,3)18-9-12-20-23(15-18)37-27-24(20)26(33)31-25(32-27)17-8-13-21(22(14-17)35-4)36-28(34)16-6-10-19(30)11-7-16/h6-8,10-11,13-14,18,25,32H,5,9,12,15H2,1-4H3,(H,31,33)/t18-,25-/m0/s1. The molecule has 0 saturated heterocycles. The van der Waals surface area contributed by atoms with Gasteiger partial charge in [-0.2, -0.15) is 0 Å². The Morgan fingerprint density at radius 1 is 1.14 bits per heavy atom. The van der Waals surface area contributed by atoms with Crippen LogP contribution in [0.2, 0.25) is 5.02 Å². The number of carbonyl (C=O) groups excluding carboxylic acids is 2. The first-order valence-corrected chi connectivity index (χ1v) is 13.8. The summed E-state index contributed by atoms with van der Waals surface area (Å²) in [6.45, 7) is 6.95. The second-order valence-corrected chi connectivity index (χ2v) is 11.9. The smallest absolute Gasteiger partial charge is 0.343 e. The molecule has 0 radical (unpaired) electrons. The number of hydrogen-bond acceptors (Lipinski definition) is 6. The minimum Gasteiger partial charge on any atom is -0.493 e. The third-order valence-electron chi connectivity index (χ3n) is 7.86. The predicted molar refractivity (Wildman–Crippen MR) is 147 cm³/mol. The first-order chi connectivity index (χ1) is 17.7. The van der Waals surface area contributed by atoms with Crippen LogP contribution in [0.1, 0.15) is 76.5 Å². The van der Waals surface area contributed by atoms with Gasteiger partial charge in [-0.05, 0) is 78.1 Å². The van der Waals surface area contributed by atoms with E-state index >= 15 is 0 Å². The van der Waals surface area contributed by atoms with Crippen LogP contribution >= 0.6 is 22.9 Å². The monoisotopic (exact) mass is 538 g/mol. The molecule has 3 aromatic rings. The van der Waals surface area contributed by atoms with E-state index in [4.69, 9.17) is 21.1 Å². The van der Waals surface area contributed by atoms with E-state index in [0.29, 0.717) is 28.0 Å². The van der Waals surface area contributed by atoms with E-state index in [1.807, 2.05) is 6.07 Å². The molecular formula is C29H31ClN2O4S. The molecule has 0 spiro atoms. The number of hydrogen-bond donors (Lipinski definition) is 2. The summed E-state index contributed by atoms with van der Waals surface area (Å²) in [5.74, 6) is 0.755. The lowest BCUT2D eigenvalue weighted by Crippen LogP contribution is -2.38. The van der Waals surface area contributed by atoms with E-state index in [0.717, 1.165) is 41.8 Å². The Morgan fingerprint density at radius 3 is 2.59 bits per heavy atom. The Labute approximate surface area is 226 Å². The highest BCUT2D eigenvalue weighted by Gasteiger charge is 2.37. The first kappa shape index (κ1) is 25.6. The minimum absolute atomic E-state index is 0.0540. The van der Waals surface area contributed by atoms with Crippen LogP contribution in [0.25, 0.3) is 0 Å². The summed E-state index contributed by atoms with van der Waals surface area (Å²) in [5.41, 5.74) is 3.47. The molecule has 1 aliphatic carbocycles. The van der Waals surface area contributed by atoms with Crippen LogP contribution in [-0.2, 0) is 12.8 Å². The zero-order chi connectivity index (χ0) is 26.3. The Hall–Kier alpha value is -3.03. The number of fused-ring (bicyclic) bond motifs is 3. The first-order valence-electron chi connectivity index (χ1n) is 12.6. The number of benzene rings is 2. The maximum atomic E-state index is 13.2. The fourth-order valence-electron chi connectivity index (χ4n) is 5.11. The minimum atomic E-state index is -0.509. The van der Waals surface area contributed by atoms with Crippen molar-refractivity contribution in [3.8, 4) is 11.5 Å². The van der Waals surface area contributed by atoms with Crippen molar-refractivity contribution in [2.45, 2.75) is 52.6 Å². The third kappa shape index (κ3) is 4.94. The molecule has 2 aliphatic rings. The van der Waals surface area contributed by atoms with Crippen LogP contribution < -0.4 is 20.1 Å². The molecule has 194 valence electrons.